The normalized spacial score (nSPS) is 10.9. The first kappa shape index (κ1) is 23.0. The lowest BCUT2D eigenvalue weighted by Crippen LogP contribution is -2.33. The number of aromatic nitrogens is 1. The molecule has 0 atom stereocenters. The summed E-state index contributed by atoms with van der Waals surface area (Å²) in [6.07, 6.45) is 2.58. The topological polar surface area (TPSA) is 72.5 Å². The molecule has 0 spiro atoms. The van der Waals surface area contributed by atoms with E-state index < -0.39 is 0 Å². The predicted octanol–water partition coefficient (Wildman–Crippen LogP) is 4.58. The predicted molar refractivity (Wildman–Crippen MR) is 129 cm³/mol. The molecular weight excluding hydrogens is 499 g/mol. The molecule has 1 heterocycles. The van der Waals surface area contributed by atoms with Gasteiger partial charge in [0.2, 0.25) is 0 Å². The number of para-hydroxylation sites is 1. The first-order valence-corrected chi connectivity index (χ1v) is 9.48. The summed E-state index contributed by atoms with van der Waals surface area (Å²) in [7, 11) is 0. The second kappa shape index (κ2) is 12.3. The molecule has 1 aromatic heterocycles. The fraction of sp³-hybridized carbons (Fsp3) is 0.182. The van der Waals surface area contributed by atoms with Gasteiger partial charge in [0.1, 0.15) is 12.4 Å². The van der Waals surface area contributed by atoms with Gasteiger partial charge in [0.15, 0.2) is 5.96 Å². The van der Waals surface area contributed by atoms with Gasteiger partial charge in [-0.1, -0.05) is 54.1 Å². The highest BCUT2D eigenvalue weighted by molar-refractivity contribution is 14.0. The minimum absolute atomic E-state index is 0. The van der Waals surface area contributed by atoms with Crippen LogP contribution in [-0.2, 0) is 19.6 Å². The van der Waals surface area contributed by atoms with Crippen LogP contribution in [-0.4, -0.2) is 17.5 Å². The van der Waals surface area contributed by atoms with E-state index in [4.69, 9.17) is 22.1 Å². The standard InChI is InChI=1S/C22H23ClN4O.HI/c23-20-10-3-4-11-21(20)28-16-18-8-2-1-7-17(18)15-27-22(24)26-14-12-19-9-5-6-13-25-19;/h1-11,13H,12,14-16H2,(H3,24,26,27);1H. The van der Waals surface area contributed by atoms with Crippen molar-refractivity contribution < 1.29 is 4.74 Å². The molecule has 0 aliphatic rings. The molecule has 0 fully saturated rings. The maximum absolute atomic E-state index is 6.15. The first-order valence-electron chi connectivity index (χ1n) is 9.10. The van der Waals surface area contributed by atoms with Crippen molar-refractivity contribution in [3.8, 4) is 5.75 Å². The summed E-state index contributed by atoms with van der Waals surface area (Å²) in [5.74, 6) is 1.08. The highest BCUT2D eigenvalue weighted by Crippen LogP contribution is 2.24. The number of guanidine groups is 1. The summed E-state index contributed by atoms with van der Waals surface area (Å²) in [4.78, 5) is 8.73. The number of pyridine rings is 1. The van der Waals surface area contributed by atoms with Crippen LogP contribution in [0.3, 0.4) is 0 Å². The molecular formula is C22H24ClIN4O. The van der Waals surface area contributed by atoms with Gasteiger partial charge in [0.05, 0.1) is 11.6 Å². The fourth-order valence-corrected chi connectivity index (χ4v) is 2.85. The van der Waals surface area contributed by atoms with Crippen molar-refractivity contribution in [2.24, 2.45) is 10.7 Å². The number of hydrogen-bond donors (Lipinski definition) is 2. The molecule has 0 radical (unpaired) electrons. The Morgan fingerprint density at radius 2 is 1.72 bits per heavy atom. The Balaban J connectivity index is 0.00000300. The first-order chi connectivity index (χ1) is 13.7. The smallest absolute Gasteiger partial charge is 0.188 e. The molecule has 0 aliphatic carbocycles. The third kappa shape index (κ3) is 7.55. The molecule has 5 nitrogen and oxygen atoms in total. The minimum Gasteiger partial charge on any atom is -0.487 e. The van der Waals surface area contributed by atoms with E-state index in [-0.39, 0.29) is 24.0 Å². The number of nitrogens with zero attached hydrogens (tertiary/aromatic N) is 2. The van der Waals surface area contributed by atoms with Crippen LogP contribution in [0.25, 0.3) is 0 Å². The molecule has 3 aromatic rings. The van der Waals surface area contributed by atoms with Gasteiger partial charge in [-0.25, -0.2) is 4.99 Å². The number of nitrogens with one attached hydrogen (secondary N) is 1. The number of halogens is 2. The van der Waals surface area contributed by atoms with E-state index in [9.17, 15) is 0 Å². The summed E-state index contributed by atoms with van der Waals surface area (Å²) in [6.45, 7) is 1.58. The lowest BCUT2D eigenvalue weighted by Gasteiger charge is -2.11. The molecule has 2 aromatic carbocycles. The Hall–Kier alpha value is -2.32. The largest absolute Gasteiger partial charge is 0.487 e. The highest BCUT2D eigenvalue weighted by atomic mass is 127. The van der Waals surface area contributed by atoms with E-state index in [1.54, 1.807) is 6.20 Å². The molecule has 7 heteroatoms. The molecule has 0 amide bonds. The fourth-order valence-electron chi connectivity index (χ4n) is 2.66. The number of hydrogen-bond acceptors (Lipinski definition) is 3. The Morgan fingerprint density at radius 1 is 1.00 bits per heavy atom. The average molecular weight is 523 g/mol. The number of rotatable bonds is 8. The third-order valence-corrected chi connectivity index (χ3v) is 4.48. The van der Waals surface area contributed by atoms with Crippen LogP contribution in [0.1, 0.15) is 16.8 Å². The maximum Gasteiger partial charge on any atom is 0.188 e. The molecule has 3 N–H and O–H groups in total. The van der Waals surface area contributed by atoms with E-state index in [1.165, 1.54) is 0 Å². The van der Waals surface area contributed by atoms with Gasteiger partial charge in [0.25, 0.3) is 0 Å². The van der Waals surface area contributed by atoms with E-state index >= 15 is 0 Å². The van der Waals surface area contributed by atoms with Crippen molar-refractivity contribution in [3.63, 3.8) is 0 Å². The Kier molecular flexibility index (Phi) is 9.73. The van der Waals surface area contributed by atoms with Crippen molar-refractivity contribution in [2.45, 2.75) is 19.6 Å². The maximum atomic E-state index is 6.15. The van der Waals surface area contributed by atoms with E-state index in [0.29, 0.717) is 36.4 Å². The number of aliphatic imine (C=N–C) groups is 1. The van der Waals surface area contributed by atoms with Crippen molar-refractivity contribution >= 4 is 41.5 Å². The van der Waals surface area contributed by atoms with E-state index in [1.807, 2.05) is 66.7 Å². The van der Waals surface area contributed by atoms with Gasteiger partial charge < -0.3 is 15.8 Å². The molecule has 0 unspecified atom stereocenters. The van der Waals surface area contributed by atoms with Gasteiger partial charge in [0, 0.05) is 24.9 Å². The molecule has 0 saturated carbocycles. The van der Waals surface area contributed by atoms with Crippen LogP contribution in [0.4, 0.5) is 0 Å². The second-order valence-corrected chi connectivity index (χ2v) is 6.59. The van der Waals surface area contributed by atoms with Crippen LogP contribution in [0.5, 0.6) is 5.75 Å². The lowest BCUT2D eigenvalue weighted by atomic mass is 10.1. The Labute approximate surface area is 193 Å². The highest BCUT2D eigenvalue weighted by Gasteiger charge is 2.05. The molecule has 3 rings (SSSR count). The van der Waals surface area contributed by atoms with E-state index in [0.717, 1.165) is 23.2 Å². The summed E-state index contributed by atoms with van der Waals surface area (Å²) in [6, 6.07) is 21.3. The molecule has 0 bridgehead atoms. The molecule has 29 heavy (non-hydrogen) atoms. The zero-order valence-electron chi connectivity index (χ0n) is 15.9. The quantitative estimate of drug-likeness (QED) is 0.258. The number of nitrogens with two attached hydrogens (primary N) is 1. The third-order valence-electron chi connectivity index (χ3n) is 4.17. The summed E-state index contributed by atoms with van der Waals surface area (Å²) in [5, 5.41) is 3.72. The summed E-state index contributed by atoms with van der Waals surface area (Å²) in [5.41, 5.74) is 9.12. The van der Waals surface area contributed by atoms with Crippen LogP contribution < -0.4 is 15.8 Å². The van der Waals surface area contributed by atoms with Gasteiger partial charge in [-0.2, -0.15) is 0 Å². The zero-order chi connectivity index (χ0) is 19.6. The summed E-state index contributed by atoms with van der Waals surface area (Å²) >= 11 is 6.15. The van der Waals surface area contributed by atoms with Crippen LogP contribution in [0.15, 0.2) is 77.9 Å². The molecule has 0 saturated heterocycles. The van der Waals surface area contributed by atoms with Crippen LogP contribution >= 0.6 is 35.6 Å². The minimum atomic E-state index is 0. The Bertz CT molecular complexity index is 921. The van der Waals surface area contributed by atoms with Gasteiger partial charge in [-0.3, -0.25) is 4.98 Å². The van der Waals surface area contributed by atoms with Crippen LogP contribution in [0.2, 0.25) is 5.02 Å². The van der Waals surface area contributed by atoms with Crippen molar-refractivity contribution in [2.75, 3.05) is 6.54 Å². The number of benzene rings is 2. The van der Waals surface area contributed by atoms with Crippen molar-refractivity contribution in [3.05, 3.63) is 94.8 Å². The zero-order valence-corrected chi connectivity index (χ0v) is 19.0. The van der Waals surface area contributed by atoms with Gasteiger partial charge >= 0.3 is 0 Å². The van der Waals surface area contributed by atoms with Gasteiger partial charge in [-0.15, -0.1) is 24.0 Å². The second-order valence-electron chi connectivity index (χ2n) is 6.19. The Morgan fingerprint density at radius 3 is 2.48 bits per heavy atom. The van der Waals surface area contributed by atoms with Crippen molar-refractivity contribution in [1.29, 1.82) is 0 Å². The lowest BCUT2D eigenvalue weighted by molar-refractivity contribution is 0.305. The molecule has 152 valence electrons. The van der Waals surface area contributed by atoms with Crippen LogP contribution in [0, 0.1) is 0 Å². The SMILES string of the molecule is I.NC(=NCc1ccccc1COc1ccccc1Cl)NCCc1ccccn1. The summed E-state index contributed by atoms with van der Waals surface area (Å²) < 4.78 is 5.85. The number of ether oxygens (including phenoxy) is 1. The van der Waals surface area contributed by atoms with E-state index in [2.05, 4.69) is 15.3 Å². The average Bonchev–Trinajstić information content (AvgIpc) is 2.73. The van der Waals surface area contributed by atoms with Crippen molar-refractivity contribution in [1.82, 2.24) is 10.3 Å². The molecule has 0 aliphatic heterocycles. The monoisotopic (exact) mass is 522 g/mol. The van der Waals surface area contributed by atoms with Gasteiger partial charge in [-0.05, 0) is 35.4 Å².